The Balaban J connectivity index is 2.25. The highest BCUT2D eigenvalue weighted by molar-refractivity contribution is 9.10. The third kappa shape index (κ3) is 2.13. The van der Waals surface area contributed by atoms with Gasteiger partial charge in [0.15, 0.2) is 0 Å². The van der Waals surface area contributed by atoms with Crippen molar-refractivity contribution in [2.75, 3.05) is 11.4 Å². The van der Waals surface area contributed by atoms with Crippen molar-refractivity contribution in [1.82, 2.24) is 9.97 Å². The van der Waals surface area contributed by atoms with Crippen LogP contribution >= 0.6 is 15.9 Å². The summed E-state index contributed by atoms with van der Waals surface area (Å²) in [5.41, 5.74) is 5.21. The summed E-state index contributed by atoms with van der Waals surface area (Å²) in [6, 6.07) is -0.656. The van der Waals surface area contributed by atoms with Gasteiger partial charge in [-0.25, -0.2) is 14.4 Å². The van der Waals surface area contributed by atoms with E-state index < -0.39 is 18.1 Å². The average Bonchev–Trinajstić information content (AvgIpc) is 2.61. The lowest BCUT2D eigenvalue weighted by Gasteiger charge is -2.21. The molecule has 16 heavy (non-hydrogen) atoms. The molecular formula is C9H10BrFN4O. The van der Waals surface area contributed by atoms with Gasteiger partial charge in [-0.3, -0.25) is 4.79 Å². The van der Waals surface area contributed by atoms with Gasteiger partial charge in [0.25, 0.3) is 0 Å². The first-order valence-electron chi connectivity index (χ1n) is 4.75. The molecule has 2 heterocycles. The zero-order chi connectivity index (χ0) is 11.7. The molecule has 0 saturated carbocycles. The van der Waals surface area contributed by atoms with E-state index in [1.165, 1.54) is 4.90 Å². The average molecular weight is 289 g/mol. The normalized spacial score (nSPS) is 24.8. The van der Waals surface area contributed by atoms with E-state index in [0.717, 1.165) is 4.47 Å². The van der Waals surface area contributed by atoms with Crippen LogP contribution in [0.15, 0.2) is 16.9 Å². The number of carbonyl (C=O) groups excluding carboxylic acids is 1. The molecule has 1 amide bonds. The number of primary amides is 1. The molecule has 1 fully saturated rings. The zero-order valence-electron chi connectivity index (χ0n) is 8.31. The highest BCUT2D eigenvalue weighted by Gasteiger charge is 2.37. The largest absolute Gasteiger partial charge is 0.368 e. The lowest BCUT2D eigenvalue weighted by Crippen LogP contribution is -2.41. The zero-order valence-corrected chi connectivity index (χ0v) is 9.89. The minimum absolute atomic E-state index is 0.106. The molecule has 1 aliphatic rings. The van der Waals surface area contributed by atoms with Gasteiger partial charge in [-0.2, -0.15) is 0 Å². The monoisotopic (exact) mass is 288 g/mol. The summed E-state index contributed by atoms with van der Waals surface area (Å²) in [5, 5.41) is 0. The van der Waals surface area contributed by atoms with E-state index in [1.54, 1.807) is 12.4 Å². The lowest BCUT2D eigenvalue weighted by atomic mass is 10.2. The van der Waals surface area contributed by atoms with E-state index in [4.69, 9.17) is 5.73 Å². The summed E-state index contributed by atoms with van der Waals surface area (Å²) in [6.07, 6.45) is 2.14. The molecule has 2 N–H and O–H groups in total. The summed E-state index contributed by atoms with van der Waals surface area (Å²) in [6.45, 7) is 0.106. The van der Waals surface area contributed by atoms with Crippen LogP contribution in [0.5, 0.6) is 0 Å². The maximum absolute atomic E-state index is 13.2. The standard InChI is InChI=1S/C9H10BrFN4O/c10-5-2-13-9(14-3-5)15-4-6(11)1-7(15)8(12)16/h2-3,6-7H,1,4H2,(H2,12,16)/t6-,7+/m1/s1. The van der Waals surface area contributed by atoms with Crippen LogP contribution < -0.4 is 10.6 Å². The van der Waals surface area contributed by atoms with Crippen LogP contribution in [0.3, 0.4) is 0 Å². The maximum Gasteiger partial charge on any atom is 0.240 e. The summed E-state index contributed by atoms with van der Waals surface area (Å²) in [4.78, 5) is 20.7. The van der Waals surface area contributed by atoms with Crippen molar-refractivity contribution in [2.45, 2.75) is 18.6 Å². The summed E-state index contributed by atoms with van der Waals surface area (Å²) < 4.78 is 14.0. The molecule has 0 bridgehead atoms. The summed E-state index contributed by atoms with van der Waals surface area (Å²) in [5.74, 6) is -0.223. The van der Waals surface area contributed by atoms with E-state index in [0.29, 0.717) is 5.95 Å². The maximum atomic E-state index is 13.2. The molecule has 1 aromatic heterocycles. The molecule has 0 radical (unpaired) electrons. The van der Waals surface area contributed by atoms with Crippen LogP contribution in [0.1, 0.15) is 6.42 Å². The van der Waals surface area contributed by atoms with E-state index in [9.17, 15) is 9.18 Å². The third-order valence-electron chi connectivity index (χ3n) is 2.44. The van der Waals surface area contributed by atoms with Gasteiger partial charge < -0.3 is 10.6 Å². The molecule has 86 valence electrons. The van der Waals surface area contributed by atoms with Gasteiger partial charge >= 0.3 is 0 Å². The van der Waals surface area contributed by atoms with Crippen LogP contribution in [0.2, 0.25) is 0 Å². The van der Waals surface area contributed by atoms with Crippen molar-refractivity contribution in [3.63, 3.8) is 0 Å². The van der Waals surface area contributed by atoms with Gasteiger partial charge in [0.2, 0.25) is 11.9 Å². The molecule has 5 nitrogen and oxygen atoms in total. The summed E-state index contributed by atoms with van der Waals surface area (Å²) >= 11 is 3.20. The number of halogens is 2. The number of hydrogen-bond donors (Lipinski definition) is 1. The van der Waals surface area contributed by atoms with Gasteiger partial charge in [-0.15, -0.1) is 0 Å². The van der Waals surface area contributed by atoms with Crippen LogP contribution in [0, 0.1) is 0 Å². The molecule has 0 aromatic carbocycles. The first-order chi connectivity index (χ1) is 7.58. The Morgan fingerprint density at radius 1 is 1.56 bits per heavy atom. The van der Waals surface area contributed by atoms with E-state index in [2.05, 4.69) is 25.9 Å². The van der Waals surface area contributed by atoms with Crippen LogP contribution in [0.4, 0.5) is 10.3 Å². The number of nitrogens with two attached hydrogens (primary N) is 1. The molecular weight excluding hydrogens is 279 g/mol. The van der Waals surface area contributed by atoms with Crippen molar-refractivity contribution in [1.29, 1.82) is 0 Å². The van der Waals surface area contributed by atoms with Crippen molar-refractivity contribution < 1.29 is 9.18 Å². The number of nitrogens with zero attached hydrogens (tertiary/aromatic N) is 3. The van der Waals surface area contributed by atoms with Crippen molar-refractivity contribution in [3.05, 3.63) is 16.9 Å². The Morgan fingerprint density at radius 2 is 2.19 bits per heavy atom. The molecule has 7 heteroatoms. The molecule has 0 aliphatic carbocycles. The number of amides is 1. The second-order valence-electron chi connectivity index (χ2n) is 3.60. The fraction of sp³-hybridized carbons (Fsp3) is 0.444. The fourth-order valence-electron chi connectivity index (χ4n) is 1.73. The van der Waals surface area contributed by atoms with E-state index in [-0.39, 0.29) is 13.0 Å². The highest BCUT2D eigenvalue weighted by Crippen LogP contribution is 2.24. The van der Waals surface area contributed by atoms with Gasteiger partial charge in [-0.05, 0) is 15.9 Å². The number of alkyl halides is 1. The predicted molar refractivity (Wildman–Crippen MR) is 59.6 cm³/mol. The number of hydrogen-bond acceptors (Lipinski definition) is 4. The second-order valence-corrected chi connectivity index (χ2v) is 4.52. The Bertz CT molecular complexity index is 399. The Labute approximate surface area is 100.0 Å². The predicted octanol–water partition coefficient (Wildman–Crippen LogP) is 0.641. The fourth-order valence-corrected chi connectivity index (χ4v) is 1.93. The number of aromatic nitrogens is 2. The summed E-state index contributed by atoms with van der Waals surface area (Å²) in [7, 11) is 0. The van der Waals surface area contributed by atoms with Crippen molar-refractivity contribution >= 4 is 27.8 Å². The Hall–Kier alpha value is -1.24. The number of carbonyl (C=O) groups is 1. The number of anilines is 1. The van der Waals surface area contributed by atoms with Crippen molar-refractivity contribution in [3.8, 4) is 0 Å². The van der Waals surface area contributed by atoms with Gasteiger partial charge in [0, 0.05) is 18.8 Å². The molecule has 2 atom stereocenters. The quantitative estimate of drug-likeness (QED) is 0.867. The first-order valence-corrected chi connectivity index (χ1v) is 5.55. The first kappa shape index (κ1) is 11.3. The number of rotatable bonds is 2. The lowest BCUT2D eigenvalue weighted by molar-refractivity contribution is -0.119. The van der Waals surface area contributed by atoms with Gasteiger partial charge in [-0.1, -0.05) is 0 Å². The molecule has 0 unspecified atom stereocenters. The molecule has 1 aliphatic heterocycles. The molecule has 1 saturated heterocycles. The molecule has 1 aromatic rings. The van der Waals surface area contributed by atoms with Crippen molar-refractivity contribution in [2.24, 2.45) is 5.73 Å². The molecule has 2 rings (SSSR count). The van der Waals surface area contributed by atoms with E-state index in [1.807, 2.05) is 0 Å². The minimum Gasteiger partial charge on any atom is -0.368 e. The van der Waals surface area contributed by atoms with Crippen LogP contribution in [-0.2, 0) is 4.79 Å². The SMILES string of the molecule is NC(=O)[C@@H]1C[C@@H](F)CN1c1ncc(Br)cn1. The van der Waals surface area contributed by atoms with Gasteiger partial charge in [0.1, 0.15) is 12.2 Å². The minimum atomic E-state index is -1.07. The topological polar surface area (TPSA) is 72.1 Å². The van der Waals surface area contributed by atoms with Crippen LogP contribution in [-0.4, -0.2) is 34.6 Å². The Morgan fingerprint density at radius 3 is 2.75 bits per heavy atom. The van der Waals surface area contributed by atoms with Crippen LogP contribution in [0.25, 0.3) is 0 Å². The van der Waals surface area contributed by atoms with E-state index >= 15 is 0 Å². The highest BCUT2D eigenvalue weighted by atomic mass is 79.9. The second kappa shape index (κ2) is 4.32. The third-order valence-corrected chi connectivity index (χ3v) is 2.85. The molecule has 0 spiro atoms. The smallest absolute Gasteiger partial charge is 0.240 e. The van der Waals surface area contributed by atoms with Gasteiger partial charge in [0.05, 0.1) is 11.0 Å². The Kier molecular flexibility index (Phi) is 3.04.